The minimum Gasteiger partial charge on any atom is -0.465 e. The number of carbonyl (C=O) groups excluding carboxylic acids is 1. The lowest BCUT2D eigenvalue weighted by atomic mass is 9.91. The predicted molar refractivity (Wildman–Crippen MR) is 90.5 cm³/mol. The maximum atomic E-state index is 13.7. The van der Waals surface area contributed by atoms with E-state index in [1.165, 1.54) is 26.2 Å². The molecular formula is C18H19F3N4O2. The fourth-order valence-electron chi connectivity index (χ4n) is 3.45. The first-order chi connectivity index (χ1) is 12.7. The van der Waals surface area contributed by atoms with E-state index < -0.39 is 23.4 Å². The smallest absolute Gasteiger partial charge is 0.416 e. The van der Waals surface area contributed by atoms with Gasteiger partial charge in [-0.25, -0.2) is 4.79 Å². The lowest BCUT2D eigenvalue weighted by molar-refractivity contribution is -0.139. The van der Waals surface area contributed by atoms with E-state index in [0.29, 0.717) is 0 Å². The summed E-state index contributed by atoms with van der Waals surface area (Å²) in [6.07, 6.45) is 0.960. The number of hydrogen-bond donors (Lipinski definition) is 0. The van der Waals surface area contributed by atoms with Crippen molar-refractivity contribution >= 4 is 11.5 Å². The van der Waals surface area contributed by atoms with Crippen LogP contribution in [0.25, 0.3) is 5.57 Å². The summed E-state index contributed by atoms with van der Waals surface area (Å²) in [4.78, 5) is 12.2. The Hall–Kier alpha value is -2.58. The summed E-state index contributed by atoms with van der Waals surface area (Å²) in [6.45, 7) is 1.40. The fraction of sp³-hybridized carbons (Fsp3) is 0.500. The lowest BCUT2D eigenvalue weighted by Crippen LogP contribution is -2.21. The van der Waals surface area contributed by atoms with E-state index >= 15 is 0 Å². The van der Waals surface area contributed by atoms with E-state index in [0.717, 1.165) is 31.7 Å². The zero-order valence-corrected chi connectivity index (χ0v) is 15.0. The number of rotatable bonds is 4. The van der Waals surface area contributed by atoms with Crippen LogP contribution in [-0.4, -0.2) is 13.1 Å². The van der Waals surface area contributed by atoms with Gasteiger partial charge in [0, 0.05) is 5.56 Å². The maximum absolute atomic E-state index is 13.7. The van der Waals surface area contributed by atoms with Crippen LogP contribution in [0.1, 0.15) is 49.3 Å². The monoisotopic (exact) mass is 380 g/mol. The Morgan fingerprint density at radius 1 is 1.22 bits per heavy atom. The van der Waals surface area contributed by atoms with Crippen LogP contribution < -0.4 is 0 Å². The van der Waals surface area contributed by atoms with Gasteiger partial charge < -0.3 is 4.74 Å². The SMILES string of the molecule is COC(=O)/C(=C/C1CCCC1)c1ccc(C2(C)N=NN=N2)c(C(F)(F)F)c1. The van der Waals surface area contributed by atoms with E-state index in [4.69, 9.17) is 4.74 Å². The number of carbonyl (C=O) groups is 1. The molecule has 144 valence electrons. The van der Waals surface area contributed by atoms with Gasteiger partial charge in [-0.1, -0.05) is 31.1 Å². The summed E-state index contributed by atoms with van der Waals surface area (Å²) in [5, 5.41) is 14.1. The average molecular weight is 380 g/mol. The molecule has 1 heterocycles. The van der Waals surface area contributed by atoms with Gasteiger partial charge in [0.2, 0.25) is 5.66 Å². The summed E-state index contributed by atoms with van der Waals surface area (Å²) in [5.41, 5.74) is -2.34. The molecule has 0 saturated heterocycles. The topological polar surface area (TPSA) is 75.7 Å². The fourth-order valence-corrected chi connectivity index (χ4v) is 3.45. The number of halogens is 3. The van der Waals surface area contributed by atoms with Crippen molar-refractivity contribution < 1.29 is 22.7 Å². The highest BCUT2D eigenvalue weighted by molar-refractivity contribution is 6.16. The Labute approximate surface area is 154 Å². The van der Waals surface area contributed by atoms with Crippen LogP contribution in [0.4, 0.5) is 13.2 Å². The molecule has 0 bridgehead atoms. The Morgan fingerprint density at radius 3 is 2.41 bits per heavy atom. The highest BCUT2D eigenvalue weighted by Gasteiger charge is 2.42. The van der Waals surface area contributed by atoms with Gasteiger partial charge in [0.25, 0.3) is 0 Å². The molecule has 6 nitrogen and oxygen atoms in total. The molecule has 9 heteroatoms. The Morgan fingerprint density at radius 2 is 1.85 bits per heavy atom. The standard InChI is InChI=1S/C18H19F3N4O2/c1-17(22-24-25-23-17)14-8-7-12(10-15(14)18(19,20)21)13(16(26)27-2)9-11-5-3-4-6-11/h7-11H,3-6H2,1-2H3/b13-9+. The number of methoxy groups -OCH3 is 1. The third-order valence-electron chi connectivity index (χ3n) is 4.87. The van der Waals surface area contributed by atoms with Crippen molar-refractivity contribution in [2.75, 3.05) is 7.11 Å². The van der Waals surface area contributed by atoms with Crippen LogP contribution in [-0.2, 0) is 21.4 Å². The summed E-state index contributed by atoms with van der Waals surface area (Å²) >= 11 is 0. The summed E-state index contributed by atoms with van der Waals surface area (Å²) in [7, 11) is 1.21. The zero-order valence-electron chi connectivity index (χ0n) is 15.0. The molecule has 1 aliphatic heterocycles. The van der Waals surface area contributed by atoms with Gasteiger partial charge in [0.1, 0.15) is 0 Å². The van der Waals surface area contributed by atoms with E-state index in [1.807, 2.05) is 0 Å². The van der Waals surface area contributed by atoms with Crippen LogP contribution in [0, 0.1) is 5.92 Å². The van der Waals surface area contributed by atoms with Gasteiger partial charge in [-0.3, -0.25) is 0 Å². The third-order valence-corrected chi connectivity index (χ3v) is 4.87. The van der Waals surface area contributed by atoms with E-state index in [1.54, 1.807) is 6.08 Å². The second kappa shape index (κ2) is 7.21. The van der Waals surface area contributed by atoms with Gasteiger partial charge in [-0.2, -0.15) is 13.2 Å². The van der Waals surface area contributed by atoms with Crippen LogP contribution >= 0.6 is 0 Å². The van der Waals surface area contributed by atoms with Crippen molar-refractivity contribution in [3.8, 4) is 0 Å². The molecule has 2 aliphatic rings. The predicted octanol–water partition coefficient (Wildman–Crippen LogP) is 5.46. The number of ether oxygens (including phenoxy) is 1. The van der Waals surface area contributed by atoms with Gasteiger partial charge >= 0.3 is 12.1 Å². The summed E-state index contributed by atoms with van der Waals surface area (Å²) in [5.74, 6) is -0.503. The highest BCUT2D eigenvalue weighted by Crippen LogP contribution is 2.42. The van der Waals surface area contributed by atoms with E-state index in [2.05, 4.69) is 20.7 Å². The second-order valence-electron chi connectivity index (χ2n) is 6.77. The Bertz CT molecular complexity index is 812. The van der Waals surface area contributed by atoms with Gasteiger partial charge in [0.15, 0.2) is 0 Å². The summed E-state index contributed by atoms with van der Waals surface area (Å²) in [6, 6.07) is 3.67. The number of esters is 1. The average Bonchev–Trinajstić information content (AvgIpc) is 3.30. The van der Waals surface area contributed by atoms with Gasteiger partial charge in [-0.05, 0) is 47.8 Å². The molecule has 1 aromatic rings. The molecule has 0 spiro atoms. The normalized spacial score (nSPS) is 19.7. The molecule has 27 heavy (non-hydrogen) atoms. The summed E-state index contributed by atoms with van der Waals surface area (Å²) < 4.78 is 46.0. The molecule has 0 N–H and O–H groups in total. The quantitative estimate of drug-likeness (QED) is 0.514. The maximum Gasteiger partial charge on any atom is 0.416 e. The lowest BCUT2D eigenvalue weighted by Gasteiger charge is -2.21. The molecule has 0 atom stereocenters. The molecule has 0 radical (unpaired) electrons. The zero-order chi connectivity index (χ0) is 19.7. The largest absolute Gasteiger partial charge is 0.465 e. The van der Waals surface area contributed by atoms with Gasteiger partial charge in [0.05, 0.1) is 18.2 Å². The molecule has 1 saturated carbocycles. The molecule has 1 fully saturated rings. The van der Waals surface area contributed by atoms with Crippen LogP contribution in [0.2, 0.25) is 0 Å². The van der Waals surface area contributed by atoms with Crippen molar-refractivity contribution in [2.45, 2.75) is 44.4 Å². The molecule has 1 aliphatic carbocycles. The number of benzene rings is 1. The van der Waals surface area contributed by atoms with Crippen molar-refractivity contribution in [3.63, 3.8) is 0 Å². The van der Waals surface area contributed by atoms with Gasteiger partial charge in [-0.15, -0.1) is 10.2 Å². The Kier molecular flexibility index (Phi) is 5.12. The minimum atomic E-state index is -4.66. The number of allylic oxidation sites excluding steroid dienone is 1. The van der Waals surface area contributed by atoms with Crippen molar-refractivity contribution in [1.82, 2.24) is 0 Å². The number of alkyl halides is 3. The van der Waals surface area contributed by atoms with E-state index in [9.17, 15) is 18.0 Å². The van der Waals surface area contributed by atoms with Crippen LogP contribution in [0.3, 0.4) is 0 Å². The molecule has 0 amide bonds. The first-order valence-electron chi connectivity index (χ1n) is 8.61. The number of nitrogens with zero attached hydrogens (tertiary/aromatic N) is 4. The van der Waals surface area contributed by atoms with Crippen molar-refractivity contribution in [1.29, 1.82) is 0 Å². The van der Waals surface area contributed by atoms with Crippen molar-refractivity contribution in [2.24, 2.45) is 26.6 Å². The second-order valence-corrected chi connectivity index (χ2v) is 6.77. The molecule has 0 unspecified atom stereocenters. The highest BCUT2D eigenvalue weighted by atomic mass is 19.4. The number of hydrogen-bond acceptors (Lipinski definition) is 6. The minimum absolute atomic E-state index is 0.140. The molecular weight excluding hydrogens is 361 g/mol. The first-order valence-corrected chi connectivity index (χ1v) is 8.61. The molecule has 3 rings (SSSR count). The molecule has 0 aromatic heterocycles. The van der Waals surface area contributed by atoms with E-state index in [-0.39, 0.29) is 22.6 Å². The molecule has 1 aromatic carbocycles. The van der Waals surface area contributed by atoms with Crippen molar-refractivity contribution in [3.05, 3.63) is 41.0 Å². The van der Waals surface area contributed by atoms with Crippen LogP contribution in [0.5, 0.6) is 0 Å². The third kappa shape index (κ3) is 3.91. The van der Waals surface area contributed by atoms with Crippen LogP contribution in [0.15, 0.2) is 45.0 Å². The first kappa shape index (κ1) is 19.2. The Balaban J connectivity index is 2.11.